The van der Waals surface area contributed by atoms with Gasteiger partial charge in [-0.2, -0.15) is 0 Å². The van der Waals surface area contributed by atoms with Crippen LogP contribution in [0, 0.1) is 6.92 Å². The Balaban J connectivity index is 0.00000288. The van der Waals surface area contributed by atoms with Crippen LogP contribution >= 0.6 is 24.0 Å². The Hall–Kier alpha value is -1.28. The van der Waals surface area contributed by atoms with Crippen molar-refractivity contribution in [2.45, 2.75) is 26.7 Å². The second-order valence-corrected chi connectivity index (χ2v) is 5.50. The Morgan fingerprint density at radius 3 is 2.71 bits per heavy atom. The SMILES string of the molecule is CCOCCCNC(=NC)NCCc1c(C)[nH]c2ccccc12.I. The zero-order chi connectivity index (χ0) is 16.5. The number of aryl methyl sites for hydroxylation is 1. The van der Waals surface area contributed by atoms with Crippen LogP contribution in [0.5, 0.6) is 0 Å². The van der Waals surface area contributed by atoms with E-state index in [1.54, 1.807) is 7.05 Å². The first-order chi connectivity index (χ1) is 11.3. The molecule has 1 aromatic carbocycles. The zero-order valence-corrected chi connectivity index (χ0v) is 17.1. The summed E-state index contributed by atoms with van der Waals surface area (Å²) in [5.41, 5.74) is 3.82. The zero-order valence-electron chi connectivity index (χ0n) is 14.8. The molecule has 2 rings (SSSR count). The van der Waals surface area contributed by atoms with E-state index in [4.69, 9.17) is 4.74 Å². The molecule has 5 nitrogen and oxygen atoms in total. The lowest BCUT2D eigenvalue weighted by Crippen LogP contribution is -2.39. The third-order valence-electron chi connectivity index (χ3n) is 3.88. The Bertz CT molecular complexity index is 639. The summed E-state index contributed by atoms with van der Waals surface area (Å²) in [4.78, 5) is 7.70. The fourth-order valence-electron chi connectivity index (χ4n) is 2.71. The molecule has 1 aromatic heterocycles. The summed E-state index contributed by atoms with van der Waals surface area (Å²) in [6, 6.07) is 8.45. The maximum atomic E-state index is 5.33. The van der Waals surface area contributed by atoms with E-state index >= 15 is 0 Å². The van der Waals surface area contributed by atoms with Gasteiger partial charge in [-0.05, 0) is 38.3 Å². The third kappa shape index (κ3) is 5.98. The Morgan fingerprint density at radius 1 is 1.21 bits per heavy atom. The van der Waals surface area contributed by atoms with Crippen LogP contribution in [0.1, 0.15) is 24.6 Å². The van der Waals surface area contributed by atoms with Crippen LogP contribution in [0.2, 0.25) is 0 Å². The van der Waals surface area contributed by atoms with Crippen molar-refractivity contribution >= 4 is 40.8 Å². The maximum Gasteiger partial charge on any atom is 0.190 e. The number of nitrogens with one attached hydrogen (secondary N) is 3. The summed E-state index contributed by atoms with van der Waals surface area (Å²) in [5, 5.41) is 8.00. The molecule has 0 fully saturated rings. The number of hydrogen-bond acceptors (Lipinski definition) is 2. The first kappa shape index (κ1) is 20.8. The second kappa shape index (κ2) is 11.3. The second-order valence-electron chi connectivity index (χ2n) is 5.50. The fourth-order valence-corrected chi connectivity index (χ4v) is 2.71. The van der Waals surface area contributed by atoms with Crippen LogP contribution in [0.15, 0.2) is 29.3 Å². The molecule has 0 saturated heterocycles. The van der Waals surface area contributed by atoms with Gasteiger partial charge in [-0.1, -0.05) is 18.2 Å². The van der Waals surface area contributed by atoms with Crippen molar-refractivity contribution in [3.63, 3.8) is 0 Å². The summed E-state index contributed by atoms with van der Waals surface area (Å²) in [6.07, 6.45) is 1.95. The normalized spacial score (nSPS) is 11.4. The van der Waals surface area contributed by atoms with Crippen molar-refractivity contribution in [3.05, 3.63) is 35.5 Å². The quantitative estimate of drug-likeness (QED) is 0.254. The topological polar surface area (TPSA) is 61.4 Å². The molecule has 0 aliphatic rings. The molecule has 3 N–H and O–H groups in total. The fraction of sp³-hybridized carbons (Fsp3) is 0.500. The van der Waals surface area contributed by atoms with Crippen LogP contribution in [0.4, 0.5) is 0 Å². The van der Waals surface area contributed by atoms with Crippen molar-refractivity contribution in [2.24, 2.45) is 4.99 Å². The highest BCUT2D eigenvalue weighted by atomic mass is 127. The summed E-state index contributed by atoms with van der Waals surface area (Å²) in [6.45, 7) is 7.43. The molecule has 0 bridgehead atoms. The van der Waals surface area contributed by atoms with Gasteiger partial charge in [-0.25, -0.2) is 0 Å². The smallest absolute Gasteiger partial charge is 0.190 e. The molecule has 1 heterocycles. The van der Waals surface area contributed by atoms with E-state index in [1.807, 2.05) is 6.92 Å². The predicted molar refractivity (Wildman–Crippen MR) is 113 cm³/mol. The van der Waals surface area contributed by atoms with Gasteiger partial charge >= 0.3 is 0 Å². The molecule has 0 atom stereocenters. The highest BCUT2D eigenvalue weighted by Crippen LogP contribution is 2.21. The average Bonchev–Trinajstić information content (AvgIpc) is 2.88. The van der Waals surface area contributed by atoms with Gasteiger partial charge in [-0.15, -0.1) is 24.0 Å². The Morgan fingerprint density at radius 2 is 1.96 bits per heavy atom. The Kier molecular flexibility index (Phi) is 9.78. The van der Waals surface area contributed by atoms with Gasteiger partial charge in [0, 0.05) is 49.9 Å². The van der Waals surface area contributed by atoms with Gasteiger partial charge in [0.15, 0.2) is 5.96 Å². The molecule has 24 heavy (non-hydrogen) atoms. The van der Waals surface area contributed by atoms with Gasteiger partial charge in [0.25, 0.3) is 0 Å². The first-order valence-electron chi connectivity index (χ1n) is 8.34. The lowest BCUT2D eigenvalue weighted by atomic mass is 10.1. The van der Waals surface area contributed by atoms with Crippen molar-refractivity contribution in [1.29, 1.82) is 0 Å². The first-order valence-corrected chi connectivity index (χ1v) is 8.34. The molecule has 6 heteroatoms. The molecule has 0 unspecified atom stereocenters. The number of ether oxygens (including phenoxy) is 1. The summed E-state index contributed by atoms with van der Waals surface area (Å²) < 4.78 is 5.33. The minimum absolute atomic E-state index is 0. The van der Waals surface area contributed by atoms with E-state index in [-0.39, 0.29) is 24.0 Å². The Labute approximate surface area is 161 Å². The number of halogens is 1. The van der Waals surface area contributed by atoms with Gasteiger partial charge in [0.2, 0.25) is 0 Å². The van der Waals surface area contributed by atoms with Crippen LogP contribution in [0.25, 0.3) is 10.9 Å². The molecule has 0 radical (unpaired) electrons. The third-order valence-corrected chi connectivity index (χ3v) is 3.88. The average molecular weight is 444 g/mol. The molecule has 0 aliphatic heterocycles. The highest BCUT2D eigenvalue weighted by Gasteiger charge is 2.07. The van der Waals surface area contributed by atoms with Gasteiger partial charge in [-0.3, -0.25) is 4.99 Å². The molecule has 0 saturated carbocycles. The number of benzene rings is 1. The van der Waals surface area contributed by atoms with Crippen molar-refractivity contribution in [3.8, 4) is 0 Å². The number of fused-ring (bicyclic) bond motifs is 1. The standard InChI is InChI=1S/C18H28N4O.HI/c1-4-23-13-7-11-20-18(19-3)21-12-10-15-14(2)22-17-9-6-5-8-16(15)17;/h5-6,8-9,22H,4,7,10-13H2,1-3H3,(H2,19,20,21);1H. The number of aromatic nitrogens is 1. The number of aromatic amines is 1. The van der Waals surface area contributed by atoms with Crippen LogP contribution in [0.3, 0.4) is 0 Å². The van der Waals surface area contributed by atoms with Gasteiger partial charge in [0.1, 0.15) is 0 Å². The molecule has 0 aliphatic carbocycles. The summed E-state index contributed by atoms with van der Waals surface area (Å²) >= 11 is 0. The van der Waals surface area contributed by atoms with E-state index in [0.29, 0.717) is 0 Å². The van der Waals surface area contributed by atoms with E-state index in [9.17, 15) is 0 Å². The number of aliphatic imine (C=N–C) groups is 1. The lowest BCUT2D eigenvalue weighted by molar-refractivity contribution is 0.145. The van der Waals surface area contributed by atoms with Crippen LogP contribution in [-0.4, -0.2) is 44.3 Å². The number of guanidine groups is 1. The monoisotopic (exact) mass is 444 g/mol. The molecular weight excluding hydrogens is 415 g/mol. The summed E-state index contributed by atoms with van der Waals surface area (Å²) in [7, 11) is 1.80. The largest absolute Gasteiger partial charge is 0.382 e. The lowest BCUT2D eigenvalue weighted by Gasteiger charge is -2.12. The number of nitrogens with zero attached hydrogens (tertiary/aromatic N) is 1. The number of H-pyrrole nitrogens is 1. The minimum Gasteiger partial charge on any atom is -0.382 e. The van der Waals surface area contributed by atoms with E-state index < -0.39 is 0 Å². The van der Waals surface area contributed by atoms with E-state index in [1.165, 1.54) is 22.2 Å². The van der Waals surface area contributed by atoms with Crippen molar-refractivity contribution in [2.75, 3.05) is 33.4 Å². The van der Waals surface area contributed by atoms with Crippen LogP contribution in [-0.2, 0) is 11.2 Å². The van der Waals surface area contributed by atoms with Crippen LogP contribution < -0.4 is 10.6 Å². The van der Waals surface area contributed by atoms with Crippen molar-refractivity contribution < 1.29 is 4.74 Å². The van der Waals surface area contributed by atoms with Gasteiger partial charge in [0.05, 0.1) is 0 Å². The van der Waals surface area contributed by atoms with Crippen molar-refractivity contribution in [1.82, 2.24) is 15.6 Å². The van der Waals surface area contributed by atoms with E-state index in [2.05, 4.69) is 51.8 Å². The number of rotatable bonds is 8. The van der Waals surface area contributed by atoms with Gasteiger partial charge < -0.3 is 20.4 Å². The molecule has 2 aromatic rings. The minimum atomic E-state index is 0. The maximum absolute atomic E-state index is 5.33. The highest BCUT2D eigenvalue weighted by molar-refractivity contribution is 14.0. The molecule has 0 amide bonds. The molecule has 134 valence electrons. The predicted octanol–water partition coefficient (Wildman–Crippen LogP) is 3.23. The number of hydrogen-bond donors (Lipinski definition) is 3. The molecule has 0 spiro atoms. The number of para-hydroxylation sites is 1. The van der Waals surface area contributed by atoms with E-state index in [0.717, 1.165) is 45.1 Å². The molecular formula is C18H29IN4O. The summed E-state index contributed by atoms with van der Waals surface area (Å²) in [5.74, 6) is 0.846.